The number of carboxylic acid groups (broad SMARTS) is 1. The van der Waals surface area contributed by atoms with Crippen molar-refractivity contribution in [1.82, 2.24) is 5.32 Å². The van der Waals surface area contributed by atoms with Crippen LogP contribution in [0, 0.1) is 0 Å². The molecule has 0 rings (SSSR count). The minimum atomic E-state index is -0.770. The molecule has 1 amide bonds. The van der Waals surface area contributed by atoms with Gasteiger partial charge >= 0.3 is 12.1 Å². The molecule has 0 saturated heterocycles. The van der Waals surface area contributed by atoms with Gasteiger partial charge in [0.25, 0.3) is 0 Å². The van der Waals surface area contributed by atoms with E-state index in [4.69, 9.17) is 9.84 Å². The van der Waals surface area contributed by atoms with Gasteiger partial charge in [-0.15, -0.1) is 0 Å². The molecule has 2 N–H and O–H groups in total. The van der Waals surface area contributed by atoms with Crippen LogP contribution in [-0.2, 0) is 9.53 Å². The van der Waals surface area contributed by atoms with Crippen LogP contribution in [0.25, 0.3) is 0 Å². The van der Waals surface area contributed by atoms with E-state index in [1.54, 1.807) is 0 Å². The van der Waals surface area contributed by atoms with E-state index >= 15 is 0 Å². The lowest BCUT2D eigenvalue weighted by Crippen LogP contribution is -2.25. The van der Waals surface area contributed by atoms with E-state index < -0.39 is 5.97 Å². The number of carboxylic acids is 1. The van der Waals surface area contributed by atoms with Gasteiger partial charge in [-0.05, 0) is 19.3 Å². The average molecular weight is 245 g/mol. The minimum absolute atomic E-state index is 0.196. The highest BCUT2D eigenvalue weighted by Gasteiger charge is 2.01. The number of hydrogen-bond donors (Lipinski definition) is 2. The Morgan fingerprint density at radius 2 is 1.88 bits per heavy atom. The summed E-state index contributed by atoms with van der Waals surface area (Å²) in [6.45, 7) is 3.11. The van der Waals surface area contributed by atoms with Crippen LogP contribution in [0.4, 0.5) is 4.79 Å². The van der Waals surface area contributed by atoms with Crippen LogP contribution < -0.4 is 5.32 Å². The van der Waals surface area contributed by atoms with Crippen molar-refractivity contribution in [3.63, 3.8) is 0 Å². The maximum absolute atomic E-state index is 11.1. The van der Waals surface area contributed by atoms with Crippen molar-refractivity contribution >= 4 is 12.1 Å². The molecule has 100 valence electrons. The van der Waals surface area contributed by atoms with Crippen molar-refractivity contribution in [2.45, 2.75) is 51.9 Å². The summed E-state index contributed by atoms with van der Waals surface area (Å²) < 4.78 is 4.94. The molecule has 0 aliphatic heterocycles. The Labute approximate surface area is 103 Å². The largest absolute Gasteiger partial charge is 0.481 e. The van der Waals surface area contributed by atoms with Crippen molar-refractivity contribution < 1.29 is 19.4 Å². The first-order valence-corrected chi connectivity index (χ1v) is 6.29. The number of hydrogen-bond acceptors (Lipinski definition) is 3. The summed E-state index contributed by atoms with van der Waals surface area (Å²) >= 11 is 0. The Morgan fingerprint density at radius 3 is 2.53 bits per heavy atom. The average Bonchev–Trinajstić information content (AvgIpc) is 2.29. The summed E-state index contributed by atoms with van der Waals surface area (Å²) in [6, 6.07) is 0. The molecular weight excluding hydrogens is 222 g/mol. The number of alkyl carbamates (subject to hydrolysis) is 1. The first kappa shape index (κ1) is 15.7. The summed E-state index contributed by atoms with van der Waals surface area (Å²) in [5.41, 5.74) is 0. The molecule has 0 radical (unpaired) electrons. The summed E-state index contributed by atoms with van der Waals surface area (Å²) in [5, 5.41) is 11.0. The number of rotatable bonds is 10. The number of unbranched alkanes of at least 4 members (excludes halogenated alkanes) is 4. The fourth-order valence-corrected chi connectivity index (χ4v) is 1.34. The lowest BCUT2D eigenvalue weighted by atomic mass is 10.2. The highest BCUT2D eigenvalue weighted by Crippen LogP contribution is 1.99. The second-order valence-corrected chi connectivity index (χ2v) is 3.97. The quantitative estimate of drug-likeness (QED) is 0.580. The molecule has 0 atom stereocenters. The monoisotopic (exact) mass is 245 g/mol. The Morgan fingerprint density at radius 1 is 1.12 bits per heavy atom. The zero-order valence-electron chi connectivity index (χ0n) is 10.5. The van der Waals surface area contributed by atoms with Crippen LogP contribution in [-0.4, -0.2) is 30.3 Å². The van der Waals surface area contributed by atoms with Crippen molar-refractivity contribution in [2.75, 3.05) is 13.2 Å². The zero-order valence-corrected chi connectivity index (χ0v) is 10.5. The second-order valence-electron chi connectivity index (χ2n) is 3.97. The predicted octanol–water partition coefficient (Wildman–Crippen LogP) is 2.55. The van der Waals surface area contributed by atoms with Crippen LogP contribution in [0.3, 0.4) is 0 Å². The van der Waals surface area contributed by atoms with E-state index in [1.165, 1.54) is 0 Å². The van der Waals surface area contributed by atoms with E-state index in [1.807, 2.05) is 0 Å². The molecule has 0 aliphatic rings. The van der Waals surface area contributed by atoms with E-state index in [0.29, 0.717) is 19.6 Å². The molecule has 0 unspecified atom stereocenters. The lowest BCUT2D eigenvalue weighted by molar-refractivity contribution is -0.137. The third kappa shape index (κ3) is 12.7. The molecular formula is C12H23NO4. The summed E-state index contributed by atoms with van der Waals surface area (Å²) in [5.74, 6) is -0.770. The summed E-state index contributed by atoms with van der Waals surface area (Å²) in [7, 11) is 0. The first-order valence-electron chi connectivity index (χ1n) is 6.29. The van der Waals surface area contributed by atoms with Gasteiger partial charge in [-0.25, -0.2) is 4.79 Å². The fourth-order valence-electron chi connectivity index (χ4n) is 1.34. The standard InChI is InChI=1S/C12H23NO4/c1-2-3-7-10-17-12(16)13-9-6-4-5-8-11(14)15/h2-10H2,1H3,(H,13,16)(H,14,15). The Hall–Kier alpha value is -1.26. The third-order valence-corrected chi connectivity index (χ3v) is 2.32. The Balaban J connectivity index is 3.19. The molecule has 0 saturated carbocycles. The van der Waals surface area contributed by atoms with Gasteiger partial charge in [-0.3, -0.25) is 4.79 Å². The number of carbonyl (C=O) groups excluding carboxylic acids is 1. The number of amides is 1. The molecule has 0 aromatic heterocycles. The summed E-state index contributed by atoms with van der Waals surface area (Å²) in [6.07, 6.45) is 5.16. The van der Waals surface area contributed by atoms with E-state index in [0.717, 1.165) is 32.1 Å². The molecule has 0 aliphatic carbocycles. The Bertz CT molecular complexity index is 219. The molecule has 5 nitrogen and oxygen atoms in total. The van der Waals surface area contributed by atoms with E-state index in [2.05, 4.69) is 12.2 Å². The highest BCUT2D eigenvalue weighted by atomic mass is 16.5. The molecule has 0 aromatic rings. The second kappa shape index (κ2) is 11.2. The van der Waals surface area contributed by atoms with Gasteiger partial charge in [0.1, 0.15) is 0 Å². The van der Waals surface area contributed by atoms with Crippen LogP contribution in [0.1, 0.15) is 51.9 Å². The normalized spacial score (nSPS) is 9.94. The van der Waals surface area contributed by atoms with Crippen molar-refractivity contribution in [3.8, 4) is 0 Å². The van der Waals surface area contributed by atoms with Gasteiger partial charge in [0.15, 0.2) is 0 Å². The van der Waals surface area contributed by atoms with Crippen LogP contribution in [0.15, 0.2) is 0 Å². The maximum atomic E-state index is 11.1. The minimum Gasteiger partial charge on any atom is -0.481 e. The van der Waals surface area contributed by atoms with Crippen LogP contribution >= 0.6 is 0 Å². The number of aliphatic carboxylic acids is 1. The Kier molecular flexibility index (Phi) is 10.4. The van der Waals surface area contributed by atoms with Gasteiger partial charge in [-0.2, -0.15) is 0 Å². The highest BCUT2D eigenvalue weighted by molar-refractivity contribution is 5.67. The maximum Gasteiger partial charge on any atom is 0.407 e. The topological polar surface area (TPSA) is 75.6 Å². The molecule has 17 heavy (non-hydrogen) atoms. The van der Waals surface area contributed by atoms with Crippen LogP contribution in [0.5, 0.6) is 0 Å². The first-order chi connectivity index (χ1) is 8.16. The molecule has 5 heteroatoms. The molecule has 0 fully saturated rings. The lowest BCUT2D eigenvalue weighted by Gasteiger charge is -2.06. The van der Waals surface area contributed by atoms with E-state index in [-0.39, 0.29) is 12.5 Å². The van der Waals surface area contributed by atoms with E-state index in [9.17, 15) is 9.59 Å². The predicted molar refractivity (Wildman–Crippen MR) is 65.0 cm³/mol. The van der Waals surface area contributed by atoms with Gasteiger partial charge in [0, 0.05) is 13.0 Å². The van der Waals surface area contributed by atoms with Crippen molar-refractivity contribution in [2.24, 2.45) is 0 Å². The zero-order chi connectivity index (χ0) is 12.9. The molecule has 0 spiro atoms. The molecule has 0 aromatic carbocycles. The molecule has 0 heterocycles. The summed E-state index contributed by atoms with van der Waals surface area (Å²) in [4.78, 5) is 21.3. The van der Waals surface area contributed by atoms with Gasteiger partial charge in [0.2, 0.25) is 0 Å². The number of carbonyl (C=O) groups is 2. The van der Waals surface area contributed by atoms with Gasteiger partial charge in [0.05, 0.1) is 6.61 Å². The van der Waals surface area contributed by atoms with Crippen molar-refractivity contribution in [3.05, 3.63) is 0 Å². The molecule has 0 bridgehead atoms. The van der Waals surface area contributed by atoms with Crippen LogP contribution in [0.2, 0.25) is 0 Å². The van der Waals surface area contributed by atoms with Gasteiger partial charge in [-0.1, -0.05) is 26.2 Å². The third-order valence-electron chi connectivity index (χ3n) is 2.32. The smallest absolute Gasteiger partial charge is 0.407 e. The SMILES string of the molecule is CCCCCOC(=O)NCCCCCC(=O)O. The van der Waals surface area contributed by atoms with Crippen molar-refractivity contribution in [1.29, 1.82) is 0 Å². The number of nitrogens with one attached hydrogen (secondary N) is 1. The fraction of sp³-hybridized carbons (Fsp3) is 0.833. The number of ether oxygens (including phenoxy) is 1. The van der Waals surface area contributed by atoms with Gasteiger partial charge < -0.3 is 15.2 Å².